The summed E-state index contributed by atoms with van der Waals surface area (Å²) in [6.07, 6.45) is -0.0708. The third-order valence-electron chi connectivity index (χ3n) is 2.33. The van der Waals surface area contributed by atoms with Crippen LogP contribution in [0.15, 0.2) is 10.2 Å². The number of carboxylic acids is 1. The van der Waals surface area contributed by atoms with E-state index < -0.39 is 17.9 Å². The molecule has 0 aliphatic carbocycles. The van der Waals surface area contributed by atoms with Crippen molar-refractivity contribution in [3.05, 3.63) is 20.7 Å². The maximum atomic E-state index is 11.6. The molecule has 0 fully saturated rings. The van der Waals surface area contributed by atoms with Crippen molar-refractivity contribution in [2.75, 3.05) is 6.61 Å². The van der Waals surface area contributed by atoms with Crippen LogP contribution in [0.2, 0.25) is 0 Å². The molecule has 18 heavy (non-hydrogen) atoms. The molecule has 100 valence electrons. The van der Waals surface area contributed by atoms with Gasteiger partial charge >= 0.3 is 10.8 Å². The van der Waals surface area contributed by atoms with Gasteiger partial charge in [0.15, 0.2) is 0 Å². The van der Waals surface area contributed by atoms with Crippen LogP contribution in [0.1, 0.15) is 12.1 Å². The summed E-state index contributed by atoms with van der Waals surface area (Å²) in [5.74, 6) is -1.79. The molecule has 0 saturated carbocycles. The lowest BCUT2D eigenvalue weighted by Gasteiger charge is -2.13. The van der Waals surface area contributed by atoms with Crippen molar-refractivity contribution in [2.45, 2.75) is 25.9 Å². The Morgan fingerprint density at radius 1 is 1.56 bits per heavy atom. The summed E-state index contributed by atoms with van der Waals surface area (Å²) in [4.78, 5) is 33.5. The number of aromatic nitrogens is 1. The van der Waals surface area contributed by atoms with E-state index in [4.69, 9.17) is 10.2 Å². The third kappa shape index (κ3) is 3.67. The minimum absolute atomic E-state index is 0.0708. The van der Waals surface area contributed by atoms with Crippen LogP contribution >= 0.6 is 11.3 Å². The van der Waals surface area contributed by atoms with Crippen LogP contribution in [0, 0.1) is 6.92 Å². The number of aryl methyl sites for hydroxylation is 1. The molecule has 1 amide bonds. The van der Waals surface area contributed by atoms with Crippen LogP contribution in [0.25, 0.3) is 0 Å². The second-order valence-electron chi connectivity index (χ2n) is 3.70. The first-order valence-electron chi connectivity index (χ1n) is 5.23. The van der Waals surface area contributed by atoms with Crippen molar-refractivity contribution in [3.8, 4) is 0 Å². The Kier molecular flexibility index (Phi) is 5.05. The fourth-order valence-electron chi connectivity index (χ4n) is 1.37. The van der Waals surface area contributed by atoms with E-state index in [1.54, 1.807) is 12.3 Å². The largest absolute Gasteiger partial charge is 0.480 e. The number of thiazole rings is 1. The number of carboxylic acid groups (broad SMARTS) is 1. The quantitative estimate of drug-likeness (QED) is 0.627. The molecule has 8 heteroatoms. The molecule has 0 radical (unpaired) electrons. The molecular weight excluding hydrogens is 260 g/mol. The number of amides is 1. The minimum Gasteiger partial charge on any atom is -0.480 e. The van der Waals surface area contributed by atoms with Crippen LogP contribution in [0.4, 0.5) is 0 Å². The minimum atomic E-state index is -1.22. The highest BCUT2D eigenvalue weighted by Gasteiger charge is 2.19. The standard InChI is InChI=1S/C10H14N2O5S/c1-6-5-18-10(17)12(6)4-8(14)11-7(2-3-13)9(15)16/h5,7,13H,2-4H2,1H3,(H,11,14)(H,15,16)/t7-/m1/s1. The number of carbonyl (C=O) groups is 2. The first-order valence-corrected chi connectivity index (χ1v) is 6.11. The molecule has 1 aromatic rings. The van der Waals surface area contributed by atoms with Gasteiger partial charge in [0.1, 0.15) is 12.6 Å². The normalized spacial score (nSPS) is 12.1. The Morgan fingerprint density at radius 2 is 2.22 bits per heavy atom. The van der Waals surface area contributed by atoms with Gasteiger partial charge in [0.05, 0.1) is 0 Å². The third-order valence-corrected chi connectivity index (χ3v) is 3.21. The molecule has 1 aromatic heterocycles. The molecule has 0 bridgehead atoms. The average molecular weight is 274 g/mol. The number of aliphatic hydroxyl groups is 1. The molecule has 7 nitrogen and oxygen atoms in total. The predicted octanol–water partition coefficient (Wildman–Crippen LogP) is -0.830. The highest BCUT2D eigenvalue weighted by Crippen LogP contribution is 1.99. The molecule has 0 aromatic carbocycles. The van der Waals surface area contributed by atoms with Crippen LogP contribution in [-0.4, -0.2) is 39.3 Å². The average Bonchev–Trinajstić information content (AvgIpc) is 2.60. The second-order valence-corrected chi connectivity index (χ2v) is 4.52. The van der Waals surface area contributed by atoms with E-state index in [-0.39, 0.29) is 24.4 Å². The monoisotopic (exact) mass is 274 g/mol. The summed E-state index contributed by atoms with van der Waals surface area (Å²) in [5, 5.41) is 21.4. The summed E-state index contributed by atoms with van der Waals surface area (Å²) < 4.78 is 1.26. The lowest BCUT2D eigenvalue weighted by molar-refractivity contribution is -0.142. The maximum absolute atomic E-state index is 11.6. The van der Waals surface area contributed by atoms with Gasteiger partial charge in [0, 0.05) is 24.1 Å². The van der Waals surface area contributed by atoms with Crippen molar-refractivity contribution in [3.63, 3.8) is 0 Å². The SMILES string of the molecule is Cc1csc(=O)n1CC(=O)N[C@H](CCO)C(=O)O. The Morgan fingerprint density at radius 3 is 2.67 bits per heavy atom. The van der Waals surface area contributed by atoms with Crippen molar-refractivity contribution in [2.24, 2.45) is 0 Å². The molecule has 0 aliphatic heterocycles. The molecule has 1 heterocycles. The topological polar surface area (TPSA) is 109 Å². The number of carbonyl (C=O) groups excluding carboxylic acids is 1. The number of rotatable bonds is 6. The van der Waals surface area contributed by atoms with Gasteiger partial charge in [-0.05, 0) is 6.92 Å². The summed E-state index contributed by atoms with van der Waals surface area (Å²) in [6, 6.07) is -1.14. The molecule has 0 unspecified atom stereocenters. The van der Waals surface area contributed by atoms with E-state index in [1.807, 2.05) is 0 Å². The summed E-state index contributed by atoms with van der Waals surface area (Å²) in [7, 11) is 0. The van der Waals surface area contributed by atoms with E-state index in [0.29, 0.717) is 5.69 Å². The Bertz CT molecular complexity index is 493. The molecule has 0 spiro atoms. The van der Waals surface area contributed by atoms with Gasteiger partial charge in [0.25, 0.3) is 0 Å². The van der Waals surface area contributed by atoms with Gasteiger partial charge in [-0.15, -0.1) is 0 Å². The van der Waals surface area contributed by atoms with Crippen molar-refractivity contribution in [1.29, 1.82) is 0 Å². The lowest BCUT2D eigenvalue weighted by atomic mass is 10.2. The van der Waals surface area contributed by atoms with Gasteiger partial charge in [0.2, 0.25) is 5.91 Å². The van der Waals surface area contributed by atoms with Crippen LogP contribution in [-0.2, 0) is 16.1 Å². The lowest BCUT2D eigenvalue weighted by Crippen LogP contribution is -2.43. The smallest absolute Gasteiger partial charge is 0.326 e. The second kappa shape index (κ2) is 6.31. The summed E-state index contributed by atoms with van der Waals surface area (Å²) in [5.41, 5.74) is 0.647. The Labute approximate surface area is 107 Å². The number of hydrogen-bond donors (Lipinski definition) is 3. The molecule has 3 N–H and O–H groups in total. The van der Waals surface area contributed by atoms with E-state index in [0.717, 1.165) is 11.3 Å². The van der Waals surface area contributed by atoms with Crippen molar-refractivity contribution in [1.82, 2.24) is 9.88 Å². The number of nitrogens with zero attached hydrogens (tertiary/aromatic N) is 1. The fourth-order valence-corrected chi connectivity index (χ4v) is 2.10. The first-order chi connectivity index (χ1) is 8.45. The number of aliphatic carboxylic acids is 1. The van der Waals surface area contributed by atoms with E-state index >= 15 is 0 Å². The first kappa shape index (κ1) is 14.4. The van der Waals surface area contributed by atoms with Crippen LogP contribution in [0.5, 0.6) is 0 Å². The van der Waals surface area contributed by atoms with Gasteiger partial charge in [-0.2, -0.15) is 0 Å². The van der Waals surface area contributed by atoms with E-state index in [9.17, 15) is 14.4 Å². The zero-order valence-corrected chi connectivity index (χ0v) is 10.6. The summed E-state index contributed by atoms with van der Waals surface area (Å²) >= 11 is 0.980. The Hall–Kier alpha value is -1.67. The van der Waals surface area contributed by atoms with Gasteiger partial charge in [-0.25, -0.2) is 4.79 Å². The van der Waals surface area contributed by atoms with Gasteiger partial charge in [-0.3, -0.25) is 14.2 Å². The van der Waals surface area contributed by atoms with E-state index in [2.05, 4.69) is 5.32 Å². The highest BCUT2D eigenvalue weighted by atomic mass is 32.1. The van der Waals surface area contributed by atoms with Crippen molar-refractivity contribution >= 4 is 23.2 Å². The predicted molar refractivity (Wildman–Crippen MR) is 64.6 cm³/mol. The number of hydrogen-bond acceptors (Lipinski definition) is 5. The maximum Gasteiger partial charge on any atom is 0.326 e. The van der Waals surface area contributed by atoms with Gasteiger partial charge < -0.3 is 15.5 Å². The van der Waals surface area contributed by atoms with Gasteiger partial charge in [-0.1, -0.05) is 11.3 Å². The zero-order valence-electron chi connectivity index (χ0n) is 9.75. The molecule has 0 aliphatic rings. The molecule has 1 atom stereocenters. The van der Waals surface area contributed by atoms with Crippen LogP contribution < -0.4 is 10.2 Å². The number of nitrogens with one attached hydrogen (secondary N) is 1. The zero-order chi connectivity index (χ0) is 13.7. The molecule has 0 saturated heterocycles. The highest BCUT2D eigenvalue weighted by molar-refractivity contribution is 7.07. The molecule has 1 rings (SSSR count). The summed E-state index contributed by atoms with van der Waals surface area (Å²) in [6.45, 7) is 1.13. The van der Waals surface area contributed by atoms with Crippen LogP contribution in [0.3, 0.4) is 0 Å². The van der Waals surface area contributed by atoms with Crippen molar-refractivity contribution < 1.29 is 19.8 Å². The number of aliphatic hydroxyl groups excluding tert-OH is 1. The Balaban J connectivity index is 2.66. The van der Waals surface area contributed by atoms with E-state index in [1.165, 1.54) is 4.57 Å². The molecular formula is C10H14N2O5S. The fraction of sp³-hybridized carbons (Fsp3) is 0.500.